The second kappa shape index (κ2) is 5.75. The molecule has 1 aromatic heterocycles. The zero-order valence-electron chi connectivity index (χ0n) is 10.8. The molecular weight excluding hydrogens is 248 g/mol. The lowest BCUT2D eigenvalue weighted by Gasteiger charge is -2.09. The van der Waals surface area contributed by atoms with Crippen molar-refractivity contribution in [3.63, 3.8) is 0 Å². The fraction of sp³-hybridized carbons (Fsp3) is 0.750. The van der Waals surface area contributed by atoms with Gasteiger partial charge >= 0.3 is 0 Å². The van der Waals surface area contributed by atoms with E-state index in [9.17, 15) is 4.79 Å². The molecule has 1 saturated carbocycles. The Balaban J connectivity index is 1.81. The second-order valence-electron chi connectivity index (χ2n) is 5.18. The van der Waals surface area contributed by atoms with Gasteiger partial charge in [0.25, 0.3) is 0 Å². The minimum atomic E-state index is 0.0810. The SMILES string of the molecule is CC(C)c1nnc(CNC(=O)C2CCC(N)C2)s1. The molecule has 0 spiro atoms. The van der Waals surface area contributed by atoms with Gasteiger partial charge in [-0.15, -0.1) is 10.2 Å². The molecule has 0 aliphatic heterocycles. The monoisotopic (exact) mass is 268 g/mol. The molecule has 100 valence electrons. The van der Waals surface area contributed by atoms with Crippen LogP contribution in [-0.4, -0.2) is 22.1 Å². The highest BCUT2D eigenvalue weighted by molar-refractivity contribution is 7.11. The Hall–Kier alpha value is -1.01. The van der Waals surface area contributed by atoms with Crippen molar-refractivity contribution < 1.29 is 4.79 Å². The summed E-state index contributed by atoms with van der Waals surface area (Å²) in [4.78, 5) is 11.9. The molecule has 1 aliphatic carbocycles. The first-order valence-corrected chi connectivity index (χ1v) is 7.23. The Morgan fingerprint density at radius 3 is 2.83 bits per heavy atom. The van der Waals surface area contributed by atoms with E-state index in [1.54, 1.807) is 11.3 Å². The number of hydrogen-bond donors (Lipinski definition) is 2. The summed E-state index contributed by atoms with van der Waals surface area (Å²) in [6.07, 6.45) is 2.66. The molecule has 0 aromatic carbocycles. The quantitative estimate of drug-likeness (QED) is 0.865. The molecule has 2 unspecified atom stereocenters. The molecule has 1 aliphatic rings. The van der Waals surface area contributed by atoms with E-state index in [1.165, 1.54) is 0 Å². The summed E-state index contributed by atoms with van der Waals surface area (Å²) in [6, 6.07) is 0.190. The summed E-state index contributed by atoms with van der Waals surface area (Å²) in [5, 5.41) is 13.0. The van der Waals surface area contributed by atoms with Gasteiger partial charge in [0.2, 0.25) is 5.91 Å². The third kappa shape index (κ3) is 3.26. The molecule has 2 rings (SSSR count). The lowest BCUT2D eigenvalue weighted by atomic mass is 10.1. The number of hydrogen-bond acceptors (Lipinski definition) is 5. The normalized spacial score (nSPS) is 23.6. The highest BCUT2D eigenvalue weighted by Gasteiger charge is 2.27. The van der Waals surface area contributed by atoms with Gasteiger partial charge in [0.1, 0.15) is 10.0 Å². The maximum Gasteiger partial charge on any atom is 0.223 e. The number of rotatable bonds is 4. The molecule has 1 heterocycles. The Morgan fingerprint density at radius 2 is 2.28 bits per heavy atom. The van der Waals surface area contributed by atoms with Crippen molar-refractivity contribution in [2.75, 3.05) is 0 Å². The highest BCUT2D eigenvalue weighted by Crippen LogP contribution is 2.24. The average molecular weight is 268 g/mol. The second-order valence-corrected chi connectivity index (χ2v) is 6.27. The van der Waals surface area contributed by atoms with Gasteiger partial charge in [0.15, 0.2) is 0 Å². The van der Waals surface area contributed by atoms with Crippen molar-refractivity contribution in [2.24, 2.45) is 11.7 Å². The molecule has 18 heavy (non-hydrogen) atoms. The molecule has 1 amide bonds. The molecule has 3 N–H and O–H groups in total. The predicted octanol–water partition coefficient (Wildman–Crippen LogP) is 1.41. The molecule has 5 nitrogen and oxygen atoms in total. The van der Waals surface area contributed by atoms with Gasteiger partial charge in [-0.25, -0.2) is 0 Å². The minimum Gasteiger partial charge on any atom is -0.349 e. The van der Waals surface area contributed by atoms with E-state index < -0.39 is 0 Å². The van der Waals surface area contributed by atoms with Crippen molar-refractivity contribution in [2.45, 2.75) is 51.6 Å². The van der Waals surface area contributed by atoms with E-state index in [0.29, 0.717) is 12.5 Å². The first kappa shape index (κ1) is 13.4. The summed E-state index contributed by atoms with van der Waals surface area (Å²) >= 11 is 1.56. The minimum absolute atomic E-state index is 0.0810. The van der Waals surface area contributed by atoms with Crippen LogP contribution >= 0.6 is 11.3 Å². The third-order valence-electron chi connectivity index (χ3n) is 3.23. The predicted molar refractivity (Wildman–Crippen MR) is 71.2 cm³/mol. The first-order chi connectivity index (χ1) is 8.56. The number of carbonyl (C=O) groups is 1. The van der Waals surface area contributed by atoms with Crippen LogP contribution in [0.2, 0.25) is 0 Å². The van der Waals surface area contributed by atoms with Gasteiger partial charge in [-0.05, 0) is 19.3 Å². The Kier molecular flexibility index (Phi) is 4.29. The number of aromatic nitrogens is 2. The summed E-state index contributed by atoms with van der Waals surface area (Å²) in [5.41, 5.74) is 5.81. The molecule has 0 radical (unpaired) electrons. The number of nitrogens with two attached hydrogens (primary N) is 1. The summed E-state index contributed by atoms with van der Waals surface area (Å²) in [6.45, 7) is 4.65. The number of carbonyl (C=O) groups excluding carboxylic acids is 1. The van der Waals surface area contributed by atoms with Crippen LogP contribution in [0.15, 0.2) is 0 Å². The Morgan fingerprint density at radius 1 is 1.50 bits per heavy atom. The van der Waals surface area contributed by atoms with Gasteiger partial charge in [0, 0.05) is 17.9 Å². The van der Waals surface area contributed by atoms with Crippen molar-refractivity contribution in [1.29, 1.82) is 0 Å². The van der Waals surface area contributed by atoms with Crippen LogP contribution in [-0.2, 0) is 11.3 Å². The standard InChI is InChI=1S/C12H20N4OS/c1-7(2)12-16-15-10(18-12)6-14-11(17)8-3-4-9(13)5-8/h7-9H,3-6,13H2,1-2H3,(H,14,17). The van der Waals surface area contributed by atoms with Crippen LogP contribution < -0.4 is 11.1 Å². The van der Waals surface area contributed by atoms with Crippen LogP contribution in [0, 0.1) is 5.92 Å². The van der Waals surface area contributed by atoms with Gasteiger partial charge in [-0.2, -0.15) is 0 Å². The summed E-state index contributed by atoms with van der Waals surface area (Å²) < 4.78 is 0. The average Bonchev–Trinajstić information content (AvgIpc) is 2.94. The van der Waals surface area contributed by atoms with Gasteiger partial charge in [-0.3, -0.25) is 4.79 Å². The molecular formula is C12H20N4OS. The van der Waals surface area contributed by atoms with Crippen LogP contribution in [0.4, 0.5) is 0 Å². The molecule has 2 atom stereocenters. The van der Waals surface area contributed by atoms with E-state index in [1.807, 2.05) is 0 Å². The van der Waals surface area contributed by atoms with E-state index in [-0.39, 0.29) is 17.9 Å². The lowest BCUT2D eigenvalue weighted by Crippen LogP contribution is -2.29. The van der Waals surface area contributed by atoms with E-state index in [2.05, 4.69) is 29.4 Å². The number of nitrogens with zero attached hydrogens (tertiary/aromatic N) is 2. The van der Waals surface area contributed by atoms with Crippen LogP contribution in [0.5, 0.6) is 0 Å². The number of amides is 1. The molecule has 0 bridgehead atoms. The first-order valence-electron chi connectivity index (χ1n) is 6.42. The summed E-state index contributed by atoms with van der Waals surface area (Å²) in [7, 11) is 0. The fourth-order valence-corrected chi connectivity index (χ4v) is 2.92. The van der Waals surface area contributed by atoms with Crippen molar-refractivity contribution >= 4 is 17.2 Å². The van der Waals surface area contributed by atoms with E-state index in [4.69, 9.17) is 5.73 Å². The molecule has 1 aromatic rings. The highest BCUT2D eigenvalue weighted by atomic mass is 32.1. The maximum absolute atomic E-state index is 11.9. The zero-order valence-corrected chi connectivity index (χ0v) is 11.7. The van der Waals surface area contributed by atoms with Crippen molar-refractivity contribution in [3.8, 4) is 0 Å². The zero-order chi connectivity index (χ0) is 13.1. The van der Waals surface area contributed by atoms with Crippen LogP contribution in [0.25, 0.3) is 0 Å². The third-order valence-corrected chi connectivity index (χ3v) is 4.46. The smallest absolute Gasteiger partial charge is 0.223 e. The topological polar surface area (TPSA) is 80.9 Å². The Bertz CT molecular complexity index is 418. The Labute approximate surface area is 111 Å². The van der Waals surface area contributed by atoms with Gasteiger partial charge in [-0.1, -0.05) is 25.2 Å². The van der Waals surface area contributed by atoms with Crippen LogP contribution in [0.3, 0.4) is 0 Å². The summed E-state index contributed by atoms with van der Waals surface area (Å²) in [5.74, 6) is 0.571. The largest absolute Gasteiger partial charge is 0.349 e. The number of nitrogens with one attached hydrogen (secondary N) is 1. The van der Waals surface area contributed by atoms with Crippen LogP contribution in [0.1, 0.15) is 49.0 Å². The van der Waals surface area contributed by atoms with Gasteiger partial charge < -0.3 is 11.1 Å². The van der Waals surface area contributed by atoms with Crippen molar-refractivity contribution in [3.05, 3.63) is 10.0 Å². The van der Waals surface area contributed by atoms with Gasteiger partial charge in [0.05, 0.1) is 6.54 Å². The maximum atomic E-state index is 11.9. The lowest BCUT2D eigenvalue weighted by molar-refractivity contribution is -0.125. The molecule has 1 fully saturated rings. The van der Waals surface area contributed by atoms with Crippen molar-refractivity contribution in [1.82, 2.24) is 15.5 Å². The van der Waals surface area contributed by atoms with E-state index >= 15 is 0 Å². The molecule has 0 saturated heterocycles. The fourth-order valence-electron chi connectivity index (χ4n) is 2.13. The molecule has 6 heteroatoms. The van der Waals surface area contributed by atoms with E-state index in [0.717, 1.165) is 29.3 Å².